The zero-order valence-corrected chi connectivity index (χ0v) is 5.43. The number of hydrogen-bond donors (Lipinski definition) is 0. The van der Waals surface area contributed by atoms with Gasteiger partial charge in [-0.1, -0.05) is 0 Å². The number of alkyl halides is 4. The fraction of sp³-hybridized carbons (Fsp3) is 0.600. The lowest BCUT2D eigenvalue weighted by molar-refractivity contribution is -0.144. The van der Waals surface area contributed by atoms with Gasteiger partial charge in [0.1, 0.15) is 0 Å². The molecule has 0 nitrogen and oxygen atoms in total. The molecule has 0 aromatic heterocycles. The molecule has 12 heavy (non-hydrogen) atoms. The maximum absolute atomic E-state index is 11.9. The van der Waals surface area contributed by atoms with Crippen LogP contribution >= 0.6 is 0 Å². The third-order valence-electron chi connectivity index (χ3n) is 0.866. The Morgan fingerprint density at radius 3 is 1.75 bits per heavy atom. The van der Waals surface area contributed by atoms with E-state index in [4.69, 9.17) is 0 Å². The first-order valence-corrected chi connectivity index (χ1v) is 2.65. The second kappa shape index (κ2) is 3.77. The largest absolute Gasteiger partial charge is 0.392 e. The first kappa shape index (κ1) is 11.2. The minimum atomic E-state index is -4.99. The van der Waals surface area contributed by atoms with Crippen LogP contribution in [0.1, 0.15) is 6.42 Å². The van der Waals surface area contributed by atoms with Gasteiger partial charge in [-0.3, -0.25) is 0 Å². The Morgan fingerprint density at radius 2 is 1.50 bits per heavy atom. The lowest BCUT2D eigenvalue weighted by atomic mass is 10.2. The first-order valence-electron chi connectivity index (χ1n) is 2.65. The molecule has 0 saturated heterocycles. The van der Waals surface area contributed by atoms with Crippen LogP contribution < -0.4 is 0 Å². The van der Waals surface area contributed by atoms with Crippen molar-refractivity contribution in [2.45, 2.75) is 18.8 Å². The van der Waals surface area contributed by atoms with E-state index in [0.29, 0.717) is 0 Å². The van der Waals surface area contributed by atoms with Gasteiger partial charge in [0.2, 0.25) is 0 Å². The average molecular weight is 196 g/mol. The summed E-state index contributed by atoms with van der Waals surface area (Å²) >= 11 is 0. The SMILES string of the molecule is FC(F)=C(F)C(F)CC(F)(F)F. The highest BCUT2D eigenvalue weighted by Gasteiger charge is 2.35. The van der Waals surface area contributed by atoms with Crippen molar-refractivity contribution >= 4 is 0 Å². The molecule has 0 rings (SSSR count). The van der Waals surface area contributed by atoms with Gasteiger partial charge in [-0.2, -0.15) is 22.0 Å². The van der Waals surface area contributed by atoms with Crippen molar-refractivity contribution in [2.24, 2.45) is 0 Å². The Kier molecular flexibility index (Phi) is 3.54. The van der Waals surface area contributed by atoms with Gasteiger partial charge < -0.3 is 0 Å². The van der Waals surface area contributed by atoms with Crippen molar-refractivity contribution in [1.82, 2.24) is 0 Å². The summed E-state index contributed by atoms with van der Waals surface area (Å²) < 4.78 is 79.7. The highest BCUT2D eigenvalue weighted by molar-refractivity contribution is 4.99. The fourth-order valence-electron chi connectivity index (χ4n) is 0.411. The van der Waals surface area contributed by atoms with E-state index in [9.17, 15) is 30.7 Å². The molecule has 0 fully saturated rings. The molecule has 7 heteroatoms. The molecule has 0 aliphatic heterocycles. The van der Waals surface area contributed by atoms with E-state index in [1.54, 1.807) is 0 Å². The Bertz CT molecular complexity index is 175. The van der Waals surface area contributed by atoms with E-state index >= 15 is 0 Å². The van der Waals surface area contributed by atoms with Gasteiger partial charge in [0.25, 0.3) is 0 Å². The second-order valence-corrected chi connectivity index (χ2v) is 1.90. The molecule has 0 aromatic rings. The summed E-state index contributed by atoms with van der Waals surface area (Å²) in [6.07, 6.45) is -13.6. The van der Waals surface area contributed by atoms with Gasteiger partial charge >= 0.3 is 12.3 Å². The molecule has 0 radical (unpaired) electrons. The second-order valence-electron chi connectivity index (χ2n) is 1.90. The smallest absolute Gasteiger partial charge is 0.239 e. The molecule has 0 N–H and O–H groups in total. The molecular formula is C5H3F7. The lowest BCUT2D eigenvalue weighted by Crippen LogP contribution is -2.16. The minimum absolute atomic E-state index is 2.24. The summed E-state index contributed by atoms with van der Waals surface area (Å²) in [6, 6.07) is 0. The molecule has 0 aliphatic carbocycles. The third-order valence-corrected chi connectivity index (χ3v) is 0.866. The standard InChI is InChI=1S/C5H3F7/c6-2(1-5(10,11)12)3(7)4(8)9/h2H,1H2. The maximum atomic E-state index is 11.9. The predicted octanol–water partition coefficient (Wildman–Crippen LogP) is 3.35. The zero-order chi connectivity index (χ0) is 9.94. The molecule has 0 saturated carbocycles. The van der Waals surface area contributed by atoms with Crippen molar-refractivity contribution in [2.75, 3.05) is 0 Å². The number of hydrogen-bond acceptors (Lipinski definition) is 0. The van der Waals surface area contributed by atoms with Crippen LogP contribution in [0.5, 0.6) is 0 Å². The summed E-state index contributed by atoms with van der Waals surface area (Å²) in [7, 11) is 0. The van der Waals surface area contributed by atoms with Crippen molar-refractivity contribution in [3.63, 3.8) is 0 Å². The maximum Gasteiger partial charge on any atom is 0.392 e. The normalized spacial score (nSPS) is 14.2. The zero-order valence-electron chi connectivity index (χ0n) is 5.43. The molecule has 0 heterocycles. The minimum Gasteiger partial charge on any atom is -0.239 e. The summed E-state index contributed by atoms with van der Waals surface area (Å²) in [4.78, 5) is 0. The Morgan fingerprint density at radius 1 is 1.08 bits per heavy atom. The molecular weight excluding hydrogens is 193 g/mol. The van der Waals surface area contributed by atoms with E-state index in [-0.39, 0.29) is 0 Å². The number of rotatable bonds is 2. The van der Waals surface area contributed by atoms with Gasteiger partial charge in [0.15, 0.2) is 12.0 Å². The van der Waals surface area contributed by atoms with Crippen molar-refractivity contribution in [1.29, 1.82) is 0 Å². The summed E-state index contributed by atoms with van der Waals surface area (Å²) in [5.74, 6) is -2.66. The average Bonchev–Trinajstić information content (AvgIpc) is 1.82. The van der Waals surface area contributed by atoms with Crippen LogP contribution in [-0.4, -0.2) is 12.3 Å². The molecule has 1 atom stereocenters. The van der Waals surface area contributed by atoms with Crippen LogP contribution in [0.25, 0.3) is 0 Å². The molecule has 0 amide bonds. The van der Waals surface area contributed by atoms with E-state index in [1.807, 2.05) is 0 Å². The molecule has 0 aromatic carbocycles. The van der Waals surface area contributed by atoms with Crippen LogP contribution in [-0.2, 0) is 0 Å². The van der Waals surface area contributed by atoms with Crippen LogP contribution in [0.4, 0.5) is 30.7 Å². The van der Waals surface area contributed by atoms with Gasteiger partial charge in [0.05, 0.1) is 6.42 Å². The highest BCUT2D eigenvalue weighted by Crippen LogP contribution is 2.28. The quantitative estimate of drug-likeness (QED) is 0.594. The van der Waals surface area contributed by atoms with Gasteiger partial charge in [-0.25, -0.2) is 8.78 Å². The predicted molar refractivity (Wildman–Crippen MR) is 25.9 cm³/mol. The van der Waals surface area contributed by atoms with Gasteiger partial charge in [-0.15, -0.1) is 0 Å². The Labute approximate surface area is 62.7 Å². The van der Waals surface area contributed by atoms with Crippen LogP contribution in [0.3, 0.4) is 0 Å². The Hall–Kier alpha value is -0.750. The Balaban J connectivity index is 4.24. The summed E-state index contributed by atoms with van der Waals surface area (Å²) in [5, 5.41) is 0. The number of halogens is 7. The van der Waals surface area contributed by atoms with Crippen LogP contribution in [0.2, 0.25) is 0 Å². The molecule has 1 unspecified atom stereocenters. The highest BCUT2D eigenvalue weighted by atomic mass is 19.4. The van der Waals surface area contributed by atoms with Gasteiger partial charge in [0, 0.05) is 0 Å². The fourth-order valence-corrected chi connectivity index (χ4v) is 0.411. The van der Waals surface area contributed by atoms with Crippen molar-refractivity contribution in [3.05, 3.63) is 11.9 Å². The van der Waals surface area contributed by atoms with Gasteiger partial charge in [-0.05, 0) is 0 Å². The topological polar surface area (TPSA) is 0 Å². The lowest BCUT2D eigenvalue weighted by Gasteiger charge is -2.07. The summed E-state index contributed by atoms with van der Waals surface area (Å²) in [5.41, 5.74) is 0. The van der Waals surface area contributed by atoms with Crippen LogP contribution in [0.15, 0.2) is 11.9 Å². The third kappa shape index (κ3) is 4.20. The van der Waals surface area contributed by atoms with Crippen LogP contribution in [0, 0.1) is 0 Å². The van der Waals surface area contributed by atoms with Crippen molar-refractivity contribution < 1.29 is 30.7 Å². The van der Waals surface area contributed by atoms with E-state index in [2.05, 4.69) is 0 Å². The molecule has 0 spiro atoms. The summed E-state index contributed by atoms with van der Waals surface area (Å²) in [6.45, 7) is 0. The van der Waals surface area contributed by atoms with E-state index in [1.165, 1.54) is 0 Å². The molecule has 72 valence electrons. The first-order chi connectivity index (χ1) is 5.24. The molecule has 0 bridgehead atoms. The molecule has 0 aliphatic rings. The van der Waals surface area contributed by atoms with E-state index < -0.39 is 30.7 Å². The number of allylic oxidation sites excluding steroid dienone is 1. The monoisotopic (exact) mass is 196 g/mol. The van der Waals surface area contributed by atoms with Crippen molar-refractivity contribution in [3.8, 4) is 0 Å². The van der Waals surface area contributed by atoms with E-state index in [0.717, 1.165) is 0 Å².